The molecule has 8 heteroatoms. The van der Waals surface area contributed by atoms with E-state index in [-0.39, 0.29) is 17.6 Å². The van der Waals surface area contributed by atoms with E-state index in [9.17, 15) is 18.0 Å². The molecule has 5 nitrogen and oxygen atoms in total. The van der Waals surface area contributed by atoms with Gasteiger partial charge in [-0.1, -0.05) is 38.1 Å². The monoisotopic (exact) mass is 513 g/mol. The van der Waals surface area contributed by atoms with E-state index in [0.29, 0.717) is 23.0 Å². The number of rotatable bonds is 7. The Morgan fingerprint density at radius 3 is 2.41 bits per heavy atom. The topological polar surface area (TPSA) is 74.2 Å². The number of carbonyl (C=O) groups excluding carboxylic acids is 1. The zero-order valence-corrected chi connectivity index (χ0v) is 21.5. The lowest BCUT2D eigenvalue weighted by molar-refractivity contribution is -0.274. The zero-order chi connectivity index (χ0) is 27.2. The van der Waals surface area contributed by atoms with Crippen molar-refractivity contribution in [3.05, 3.63) is 65.7 Å². The molecule has 1 saturated carbocycles. The molecule has 1 aliphatic carbocycles. The first-order valence-corrected chi connectivity index (χ1v) is 12.6. The summed E-state index contributed by atoms with van der Waals surface area (Å²) in [4.78, 5) is 12.2. The quantitative estimate of drug-likeness (QED) is 0.368. The second-order valence-electron chi connectivity index (χ2n) is 10.0. The van der Waals surface area contributed by atoms with Gasteiger partial charge in [0.15, 0.2) is 5.75 Å². The molecule has 0 saturated heterocycles. The lowest BCUT2D eigenvalue weighted by atomic mass is 9.80. The number of nitrogens with one attached hydrogen (secondary N) is 2. The molecular weight excluding hydrogens is 479 g/mol. The number of nitrogens with zero attached hydrogens (tertiary/aromatic N) is 1. The molecule has 0 aromatic heterocycles. The smallest absolute Gasteiger partial charge is 0.404 e. The third-order valence-corrected chi connectivity index (χ3v) is 7.03. The van der Waals surface area contributed by atoms with E-state index >= 15 is 0 Å². The first-order chi connectivity index (χ1) is 17.5. The molecule has 2 N–H and O–H groups in total. The van der Waals surface area contributed by atoms with Gasteiger partial charge in [-0.25, -0.2) is 4.79 Å². The summed E-state index contributed by atoms with van der Waals surface area (Å²) in [7, 11) is 0. The van der Waals surface area contributed by atoms with Crippen LogP contribution in [0.5, 0.6) is 5.75 Å². The van der Waals surface area contributed by atoms with Crippen molar-refractivity contribution in [1.29, 1.82) is 5.26 Å². The van der Waals surface area contributed by atoms with Gasteiger partial charge in [-0.2, -0.15) is 5.26 Å². The van der Waals surface area contributed by atoms with Gasteiger partial charge in [0, 0.05) is 6.04 Å². The first kappa shape index (κ1) is 28.1. The normalized spacial score (nSPS) is 18.9. The molecule has 198 valence electrons. The second kappa shape index (κ2) is 12.2. The van der Waals surface area contributed by atoms with Crippen molar-refractivity contribution in [3.8, 4) is 11.8 Å². The van der Waals surface area contributed by atoms with Gasteiger partial charge < -0.3 is 15.4 Å². The van der Waals surface area contributed by atoms with Gasteiger partial charge in [0.05, 0.1) is 17.3 Å². The Morgan fingerprint density at radius 2 is 1.78 bits per heavy atom. The number of urea groups is 1. The first-order valence-electron chi connectivity index (χ1n) is 12.6. The van der Waals surface area contributed by atoms with E-state index in [1.807, 2.05) is 24.3 Å². The van der Waals surface area contributed by atoms with Gasteiger partial charge in [-0.3, -0.25) is 0 Å². The standard InChI is InChI=1S/C29H34F3N3O2/c1-18(2)34-28(36)35-26-16-25(14-15-27(26)37-29(30,31)32)20(4)19(3)22-6-5-7-23(13-12-22)24-10-8-21(17-33)9-11-24/h8-11,14-16,18-19,22-23H,4-7,12-13H2,1-3H3,(H2,34,35,36). The minimum atomic E-state index is -4.89. The number of allylic oxidation sites excluding steroid dienone is 1. The Kier molecular flexibility index (Phi) is 9.25. The van der Waals surface area contributed by atoms with Gasteiger partial charge in [0.2, 0.25) is 0 Å². The number of ether oxygens (including phenoxy) is 1. The van der Waals surface area contributed by atoms with Gasteiger partial charge in [0.25, 0.3) is 0 Å². The molecule has 1 fully saturated rings. The van der Waals surface area contributed by atoms with Crippen LogP contribution in [0.1, 0.15) is 75.5 Å². The summed E-state index contributed by atoms with van der Waals surface area (Å²) in [5.41, 5.74) is 3.31. The van der Waals surface area contributed by atoms with E-state index < -0.39 is 18.1 Å². The molecule has 0 aliphatic heterocycles. The minimum absolute atomic E-state index is 0.0666. The predicted octanol–water partition coefficient (Wildman–Crippen LogP) is 8.00. The van der Waals surface area contributed by atoms with E-state index in [1.54, 1.807) is 19.9 Å². The molecule has 2 aromatic carbocycles. The number of halogens is 3. The van der Waals surface area contributed by atoms with Crippen molar-refractivity contribution in [2.45, 2.75) is 71.2 Å². The summed E-state index contributed by atoms with van der Waals surface area (Å²) in [6.45, 7) is 9.89. The SMILES string of the molecule is C=C(c1ccc(OC(F)(F)F)c(NC(=O)NC(C)C)c1)C(C)C1CCCC(c2ccc(C#N)cc2)CC1. The molecule has 1 aliphatic rings. The predicted molar refractivity (Wildman–Crippen MR) is 139 cm³/mol. The number of alkyl halides is 3. The van der Waals surface area contributed by atoms with Crippen LogP contribution in [0.3, 0.4) is 0 Å². The fourth-order valence-corrected chi connectivity index (χ4v) is 5.00. The largest absolute Gasteiger partial charge is 0.573 e. The summed E-state index contributed by atoms with van der Waals surface area (Å²) in [5.74, 6) is 0.441. The third-order valence-electron chi connectivity index (χ3n) is 7.03. The fourth-order valence-electron chi connectivity index (χ4n) is 5.00. The van der Waals surface area contributed by atoms with Crippen molar-refractivity contribution in [3.63, 3.8) is 0 Å². The molecule has 37 heavy (non-hydrogen) atoms. The summed E-state index contributed by atoms with van der Waals surface area (Å²) >= 11 is 0. The molecule has 0 spiro atoms. The van der Waals surface area contributed by atoms with Crippen molar-refractivity contribution in [2.24, 2.45) is 11.8 Å². The van der Waals surface area contributed by atoms with Crippen LogP contribution in [0, 0.1) is 23.2 Å². The van der Waals surface area contributed by atoms with Crippen LogP contribution in [0.25, 0.3) is 5.57 Å². The molecule has 3 unspecified atom stereocenters. The Hall–Kier alpha value is -3.47. The van der Waals surface area contributed by atoms with Crippen molar-refractivity contribution < 1.29 is 22.7 Å². The molecular formula is C29H34F3N3O2. The molecule has 0 bridgehead atoms. The summed E-state index contributed by atoms with van der Waals surface area (Å²) in [5, 5.41) is 14.1. The van der Waals surface area contributed by atoms with Crippen LogP contribution in [-0.2, 0) is 0 Å². The van der Waals surface area contributed by atoms with Crippen molar-refractivity contribution in [2.75, 3.05) is 5.32 Å². The van der Waals surface area contributed by atoms with Crippen molar-refractivity contribution in [1.82, 2.24) is 5.32 Å². The molecule has 3 rings (SSSR count). The number of nitriles is 1. The highest BCUT2D eigenvalue weighted by molar-refractivity contribution is 5.92. The second-order valence-corrected chi connectivity index (χ2v) is 10.0. The van der Waals surface area contributed by atoms with E-state index in [2.05, 4.69) is 34.9 Å². The van der Waals surface area contributed by atoms with E-state index in [4.69, 9.17) is 5.26 Å². The summed E-state index contributed by atoms with van der Waals surface area (Å²) in [6, 6.07) is 13.4. The summed E-state index contributed by atoms with van der Waals surface area (Å²) < 4.78 is 43.0. The number of anilines is 1. The van der Waals surface area contributed by atoms with Gasteiger partial charge >= 0.3 is 12.4 Å². The van der Waals surface area contributed by atoms with Crippen LogP contribution < -0.4 is 15.4 Å². The third kappa shape index (κ3) is 8.01. The number of hydrogen-bond acceptors (Lipinski definition) is 3. The van der Waals surface area contributed by atoms with Gasteiger partial charge in [-0.15, -0.1) is 13.2 Å². The Balaban J connectivity index is 1.74. The highest BCUT2D eigenvalue weighted by Crippen LogP contribution is 2.41. The summed E-state index contributed by atoms with van der Waals surface area (Å²) in [6.07, 6.45) is 0.307. The zero-order valence-electron chi connectivity index (χ0n) is 21.5. The van der Waals surface area contributed by atoms with Gasteiger partial charge in [0.1, 0.15) is 0 Å². The average Bonchev–Trinajstić information content (AvgIpc) is 3.09. The number of benzene rings is 2. The van der Waals surface area contributed by atoms with Crippen LogP contribution >= 0.6 is 0 Å². The van der Waals surface area contributed by atoms with Crippen LogP contribution in [0.4, 0.5) is 23.7 Å². The highest BCUT2D eigenvalue weighted by Gasteiger charge is 2.33. The van der Waals surface area contributed by atoms with Crippen molar-refractivity contribution >= 4 is 17.3 Å². The molecule has 0 heterocycles. The molecule has 2 aromatic rings. The lowest BCUT2D eigenvalue weighted by Gasteiger charge is -2.26. The maximum atomic E-state index is 12.9. The Labute approximate surface area is 216 Å². The van der Waals surface area contributed by atoms with Crippen LogP contribution in [-0.4, -0.2) is 18.4 Å². The molecule has 0 radical (unpaired) electrons. The fraction of sp³-hybridized carbons (Fsp3) is 0.448. The maximum Gasteiger partial charge on any atom is 0.573 e. The van der Waals surface area contributed by atoms with E-state index in [1.165, 1.54) is 17.7 Å². The minimum Gasteiger partial charge on any atom is -0.404 e. The number of amides is 2. The maximum absolute atomic E-state index is 12.9. The Morgan fingerprint density at radius 1 is 1.08 bits per heavy atom. The van der Waals surface area contributed by atoms with E-state index in [0.717, 1.165) is 37.7 Å². The van der Waals surface area contributed by atoms with Gasteiger partial charge in [-0.05, 0) is 98.2 Å². The Bertz CT molecular complexity index is 1140. The molecule has 2 amide bonds. The molecule has 3 atom stereocenters. The number of hydrogen-bond donors (Lipinski definition) is 2. The average molecular weight is 514 g/mol. The van der Waals surface area contributed by atoms with Crippen LogP contribution in [0.15, 0.2) is 49.0 Å². The lowest BCUT2D eigenvalue weighted by Crippen LogP contribution is -2.34. The number of carbonyl (C=O) groups is 1. The highest BCUT2D eigenvalue weighted by atomic mass is 19.4. The van der Waals surface area contributed by atoms with Crippen LogP contribution in [0.2, 0.25) is 0 Å².